The van der Waals surface area contributed by atoms with Crippen molar-refractivity contribution in [2.24, 2.45) is 0 Å². The number of fused-ring (bicyclic) bond motifs is 3. The van der Waals surface area contributed by atoms with Crippen molar-refractivity contribution in [3.63, 3.8) is 0 Å². The number of nitrogens with zero attached hydrogens (tertiary/aromatic N) is 2. The van der Waals surface area contributed by atoms with E-state index in [-0.39, 0.29) is 23.6 Å². The Kier molecular flexibility index (Phi) is 4.78. The molecule has 0 aliphatic carbocycles. The number of para-hydroxylation sites is 1. The van der Waals surface area contributed by atoms with E-state index < -0.39 is 10.9 Å². The van der Waals surface area contributed by atoms with E-state index in [1.54, 1.807) is 0 Å². The summed E-state index contributed by atoms with van der Waals surface area (Å²) in [5.41, 5.74) is 1.27. The second-order valence-corrected chi connectivity index (χ2v) is 6.34. The molecule has 4 rings (SSSR count). The van der Waals surface area contributed by atoms with Crippen molar-refractivity contribution >= 4 is 33.3 Å². The second kappa shape index (κ2) is 7.55. The van der Waals surface area contributed by atoms with Gasteiger partial charge in [-0.3, -0.25) is 10.1 Å². The van der Waals surface area contributed by atoms with E-state index in [4.69, 9.17) is 4.74 Å². The highest BCUT2D eigenvalue weighted by Crippen LogP contribution is 2.31. The molecule has 1 heterocycles. The van der Waals surface area contributed by atoms with Crippen molar-refractivity contribution in [3.8, 4) is 5.75 Å². The molecule has 0 spiro atoms. The molecule has 0 amide bonds. The number of pyridine rings is 1. The zero-order chi connectivity index (χ0) is 20.4. The molecule has 7 nitrogen and oxygen atoms in total. The van der Waals surface area contributed by atoms with Crippen LogP contribution in [0, 0.1) is 10.1 Å². The summed E-state index contributed by atoms with van der Waals surface area (Å²) >= 11 is 0. The van der Waals surface area contributed by atoms with Crippen LogP contribution in [0.3, 0.4) is 0 Å². The van der Waals surface area contributed by atoms with Gasteiger partial charge in [-0.25, -0.2) is 9.78 Å². The molecule has 0 radical (unpaired) electrons. The highest BCUT2D eigenvalue weighted by molar-refractivity contribution is 6.06. The predicted molar refractivity (Wildman–Crippen MR) is 108 cm³/mol. The largest absolute Gasteiger partial charge is 0.480 e. The SMILES string of the molecule is COC(=O)c1ccc(OCc2nc3ccccc3c3ccccc23)c([N+](=O)[O-])c1. The predicted octanol–water partition coefficient (Wildman–Crippen LogP) is 4.66. The Morgan fingerprint density at radius 1 is 1.00 bits per heavy atom. The van der Waals surface area contributed by atoms with Gasteiger partial charge in [0.05, 0.1) is 28.8 Å². The van der Waals surface area contributed by atoms with Gasteiger partial charge in [-0.15, -0.1) is 0 Å². The summed E-state index contributed by atoms with van der Waals surface area (Å²) in [4.78, 5) is 27.2. The molecule has 4 aromatic rings. The third kappa shape index (κ3) is 3.45. The van der Waals surface area contributed by atoms with Crippen LogP contribution < -0.4 is 4.74 Å². The number of carbonyl (C=O) groups excluding carboxylic acids is 1. The van der Waals surface area contributed by atoms with Gasteiger partial charge in [-0.2, -0.15) is 0 Å². The van der Waals surface area contributed by atoms with E-state index in [2.05, 4.69) is 9.72 Å². The summed E-state index contributed by atoms with van der Waals surface area (Å²) in [5, 5.41) is 14.4. The molecule has 0 unspecified atom stereocenters. The van der Waals surface area contributed by atoms with Crippen LogP contribution in [0.25, 0.3) is 21.7 Å². The number of nitro benzene ring substituents is 1. The fourth-order valence-corrected chi connectivity index (χ4v) is 3.26. The topological polar surface area (TPSA) is 91.6 Å². The number of benzene rings is 3. The number of hydrogen-bond acceptors (Lipinski definition) is 6. The molecule has 1 aromatic heterocycles. The van der Waals surface area contributed by atoms with Gasteiger partial charge in [-0.05, 0) is 23.6 Å². The molecule has 29 heavy (non-hydrogen) atoms. The molecule has 0 aliphatic rings. The third-order valence-electron chi connectivity index (χ3n) is 4.63. The first-order valence-electron chi connectivity index (χ1n) is 8.84. The van der Waals surface area contributed by atoms with Crippen LogP contribution >= 0.6 is 0 Å². The molecule has 144 valence electrons. The van der Waals surface area contributed by atoms with Crippen LogP contribution in [0.4, 0.5) is 5.69 Å². The number of aromatic nitrogens is 1. The van der Waals surface area contributed by atoms with Crippen molar-refractivity contribution in [1.29, 1.82) is 0 Å². The van der Waals surface area contributed by atoms with E-state index in [0.29, 0.717) is 5.69 Å². The lowest BCUT2D eigenvalue weighted by molar-refractivity contribution is -0.386. The van der Waals surface area contributed by atoms with Gasteiger partial charge in [-0.1, -0.05) is 42.5 Å². The van der Waals surface area contributed by atoms with E-state index >= 15 is 0 Å². The smallest absolute Gasteiger partial charge is 0.338 e. The Bertz CT molecular complexity index is 1250. The second-order valence-electron chi connectivity index (χ2n) is 6.34. The van der Waals surface area contributed by atoms with Crippen LogP contribution in [0.1, 0.15) is 16.1 Å². The van der Waals surface area contributed by atoms with E-state index in [1.165, 1.54) is 19.2 Å². The van der Waals surface area contributed by atoms with Crippen LogP contribution in [0.2, 0.25) is 0 Å². The number of rotatable bonds is 5. The Hall–Kier alpha value is -4.00. The highest BCUT2D eigenvalue weighted by Gasteiger charge is 2.20. The highest BCUT2D eigenvalue weighted by atomic mass is 16.6. The maximum Gasteiger partial charge on any atom is 0.338 e. The lowest BCUT2D eigenvalue weighted by atomic mass is 10.0. The molecule has 3 aromatic carbocycles. The molecule has 0 fully saturated rings. The minimum Gasteiger partial charge on any atom is -0.480 e. The van der Waals surface area contributed by atoms with Gasteiger partial charge in [0.2, 0.25) is 0 Å². The monoisotopic (exact) mass is 388 g/mol. The fraction of sp³-hybridized carbons (Fsp3) is 0.0909. The first-order chi connectivity index (χ1) is 14.1. The molecular weight excluding hydrogens is 372 g/mol. The molecule has 0 saturated heterocycles. The Balaban J connectivity index is 1.73. The van der Waals surface area contributed by atoms with Gasteiger partial charge >= 0.3 is 11.7 Å². The summed E-state index contributed by atoms with van der Waals surface area (Å²) in [6, 6.07) is 19.6. The summed E-state index contributed by atoms with van der Waals surface area (Å²) in [5.74, 6) is -0.594. The van der Waals surface area contributed by atoms with Crippen LogP contribution in [0.5, 0.6) is 5.75 Å². The van der Waals surface area contributed by atoms with Gasteiger partial charge in [0, 0.05) is 16.8 Å². The molecule has 0 aliphatic heterocycles. The zero-order valence-corrected chi connectivity index (χ0v) is 15.5. The molecule has 7 heteroatoms. The van der Waals surface area contributed by atoms with Crippen LogP contribution in [0.15, 0.2) is 66.7 Å². The standard InChI is InChI=1S/C22H16N2O5/c1-28-22(25)14-10-11-21(20(12-14)24(26)27)29-13-19-17-8-3-2-6-15(17)16-7-4-5-9-18(16)23-19/h2-12H,13H2,1H3. The number of methoxy groups -OCH3 is 1. The van der Waals surface area contributed by atoms with Gasteiger partial charge in [0.25, 0.3) is 0 Å². The average molecular weight is 388 g/mol. The van der Waals surface area contributed by atoms with Gasteiger partial charge in [0.1, 0.15) is 6.61 Å². The van der Waals surface area contributed by atoms with Crippen molar-refractivity contribution in [2.45, 2.75) is 6.61 Å². The minimum absolute atomic E-state index is 0.0454. The minimum atomic E-state index is -0.651. The van der Waals surface area contributed by atoms with Crippen molar-refractivity contribution in [3.05, 3.63) is 88.1 Å². The first kappa shape index (κ1) is 18.4. The number of hydrogen-bond donors (Lipinski definition) is 0. The number of ether oxygens (including phenoxy) is 2. The van der Waals surface area contributed by atoms with E-state index in [1.807, 2.05) is 48.5 Å². The molecule has 0 saturated carbocycles. The van der Waals surface area contributed by atoms with Gasteiger partial charge in [0.15, 0.2) is 5.75 Å². The molecule has 0 N–H and O–H groups in total. The summed E-state index contributed by atoms with van der Waals surface area (Å²) in [7, 11) is 1.22. The number of carbonyl (C=O) groups is 1. The quantitative estimate of drug-likeness (QED) is 0.214. The number of nitro groups is 1. The normalized spacial score (nSPS) is 10.8. The van der Waals surface area contributed by atoms with Crippen LogP contribution in [-0.4, -0.2) is 23.0 Å². The maximum atomic E-state index is 11.7. The first-order valence-corrected chi connectivity index (χ1v) is 8.84. The van der Waals surface area contributed by atoms with E-state index in [9.17, 15) is 14.9 Å². The zero-order valence-electron chi connectivity index (χ0n) is 15.5. The Morgan fingerprint density at radius 3 is 2.41 bits per heavy atom. The average Bonchev–Trinajstić information content (AvgIpc) is 2.76. The van der Waals surface area contributed by atoms with Crippen molar-refractivity contribution < 1.29 is 19.2 Å². The molecular formula is C22H16N2O5. The lowest BCUT2D eigenvalue weighted by Crippen LogP contribution is -2.05. The summed E-state index contributed by atoms with van der Waals surface area (Å²) in [6.07, 6.45) is 0. The summed E-state index contributed by atoms with van der Waals surface area (Å²) < 4.78 is 10.4. The summed E-state index contributed by atoms with van der Waals surface area (Å²) in [6.45, 7) is 0.0454. The molecule has 0 bridgehead atoms. The molecule has 0 atom stereocenters. The lowest BCUT2D eigenvalue weighted by Gasteiger charge is -2.11. The van der Waals surface area contributed by atoms with Gasteiger partial charge < -0.3 is 9.47 Å². The van der Waals surface area contributed by atoms with E-state index in [0.717, 1.165) is 27.7 Å². The third-order valence-corrected chi connectivity index (χ3v) is 4.63. The Labute approximate surface area is 165 Å². The van der Waals surface area contributed by atoms with Crippen molar-refractivity contribution in [1.82, 2.24) is 4.98 Å². The Morgan fingerprint density at radius 2 is 1.69 bits per heavy atom. The number of esters is 1. The van der Waals surface area contributed by atoms with Crippen LogP contribution in [-0.2, 0) is 11.3 Å². The maximum absolute atomic E-state index is 11.7. The fourth-order valence-electron chi connectivity index (χ4n) is 3.26. The van der Waals surface area contributed by atoms with Crippen molar-refractivity contribution in [2.75, 3.05) is 7.11 Å².